The van der Waals surface area contributed by atoms with Crippen LogP contribution < -0.4 is 5.32 Å². The van der Waals surface area contributed by atoms with Gasteiger partial charge in [-0.05, 0) is 32.7 Å². The van der Waals surface area contributed by atoms with Crippen molar-refractivity contribution in [1.29, 1.82) is 0 Å². The van der Waals surface area contributed by atoms with Crippen molar-refractivity contribution in [3.63, 3.8) is 0 Å². The maximum absolute atomic E-state index is 4.53. The third-order valence-electron chi connectivity index (χ3n) is 3.81. The number of thiazole rings is 1. The summed E-state index contributed by atoms with van der Waals surface area (Å²) in [7, 11) is 0. The summed E-state index contributed by atoms with van der Waals surface area (Å²) in [5, 5.41) is 6.95. The minimum absolute atomic E-state index is 0.406. The SMILES string of the molecule is Cc1nc(C(C)NCCC2CCCCC2)cs1. The molecule has 96 valence electrons. The second-order valence-corrected chi connectivity index (χ2v) is 6.32. The Morgan fingerprint density at radius 2 is 2.18 bits per heavy atom. The molecule has 0 amide bonds. The van der Waals surface area contributed by atoms with Gasteiger partial charge in [0.15, 0.2) is 0 Å². The highest BCUT2D eigenvalue weighted by molar-refractivity contribution is 7.09. The molecular formula is C14H24N2S. The van der Waals surface area contributed by atoms with Crippen LogP contribution in [0.3, 0.4) is 0 Å². The van der Waals surface area contributed by atoms with E-state index in [4.69, 9.17) is 0 Å². The number of aryl methyl sites for hydroxylation is 1. The van der Waals surface area contributed by atoms with Gasteiger partial charge in [-0.15, -0.1) is 11.3 Å². The van der Waals surface area contributed by atoms with Crippen LogP contribution in [0.15, 0.2) is 5.38 Å². The molecule has 1 heterocycles. The summed E-state index contributed by atoms with van der Waals surface area (Å²) in [6.07, 6.45) is 8.60. The summed E-state index contributed by atoms with van der Waals surface area (Å²) >= 11 is 1.74. The van der Waals surface area contributed by atoms with Crippen LogP contribution in [0, 0.1) is 12.8 Å². The van der Waals surface area contributed by atoms with Gasteiger partial charge in [0.1, 0.15) is 0 Å². The Morgan fingerprint density at radius 1 is 1.41 bits per heavy atom. The number of hydrogen-bond acceptors (Lipinski definition) is 3. The minimum Gasteiger partial charge on any atom is -0.309 e. The lowest BCUT2D eigenvalue weighted by Crippen LogP contribution is -2.22. The highest BCUT2D eigenvalue weighted by Gasteiger charge is 2.14. The van der Waals surface area contributed by atoms with Gasteiger partial charge in [0.2, 0.25) is 0 Å². The molecule has 1 aromatic heterocycles. The van der Waals surface area contributed by atoms with E-state index in [2.05, 4.69) is 29.5 Å². The number of nitrogens with one attached hydrogen (secondary N) is 1. The van der Waals surface area contributed by atoms with Crippen molar-refractivity contribution in [2.24, 2.45) is 5.92 Å². The standard InChI is InChI=1S/C14H24N2S/c1-11(14-10-17-12(2)16-14)15-9-8-13-6-4-3-5-7-13/h10-11,13,15H,3-9H2,1-2H3. The van der Waals surface area contributed by atoms with Gasteiger partial charge in [0.25, 0.3) is 0 Å². The zero-order valence-electron chi connectivity index (χ0n) is 11.0. The van der Waals surface area contributed by atoms with Crippen molar-refractivity contribution in [2.45, 2.75) is 58.4 Å². The molecule has 1 unspecified atom stereocenters. The number of hydrogen-bond donors (Lipinski definition) is 1. The summed E-state index contributed by atoms with van der Waals surface area (Å²) in [6.45, 7) is 5.43. The molecule has 1 aliphatic carbocycles. The molecule has 1 saturated carbocycles. The summed E-state index contributed by atoms with van der Waals surface area (Å²) in [4.78, 5) is 4.53. The van der Waals surface area contributed by atoms with Crippen LogP contribution in [-0.4, -0.2) is 11.5 Å². The molecule has 2 nitrogen and oxygen atoms in total. The van der Waals surface area contributed by atoms with E-state index < -0.39 is 0 Å². The zero-order chi connectivity index (χ0) is 12.1. The molecule has 2 rings (SSSR count). The van der Waals surface area contributed by atoms with E-state index in [0.29, 0.717) is 6.04 Å². The van der Waals surface area contributed by atoms with Crippen molar-refractivity contribution >= 4 is 11.3 Å². The van der Waals surface area contributed by atoms with Gasteiger partial charge in [0.05, 0.1) is 10.7 Å². The lowest BCUT2D eigenvalue weighted by molar-refractivity contribution is 0.329. The van der Waals surface area contributed by atoms with Crippen molar-refractivity contribution in [3.05, 3.63) is 16.1 Å². The highest BCUT2D eigenvalue weighted by Crippen LogP contribution is 2.26. The van der Waals surface area contributed by atoms with Gasteiger partial charge in [-0.2, -0.15) is 0 Å². The van der Waals surface area contributed by atoms with Crippen LogP contribution in [0.1, 0.15) is 62.2 Å². The first-order valence-corrected chi connectivity index (χ1v) is 7.79. The van der Waals surface area contributed by atoms with E-state index >= 15 is 0 Å². The van der Waals surface area contributed by atoms with Gasteiger partial charge >= 0.3 is 0 Å². The van der Waals surface area contributed by atoms with Gasteiger partial charge < -0.3 is 5.32 Å². The molecule has 0 radical (unpaired) electrons. The Kier molecular flexibility index (Phi) is 4.99. The fraction of sp³-hybridized carbons (Fsp3) is 0.786. The average Bonchev–Trinajstić information content (AvgIpc) is 2.77. The van der Waals surface area contributed by atoms with Crippen LogP contribution in [0.4, 0.5) is 0 Å². The summed E-state index contributed by atoms with van der Waals surface area (Å²) in [5.74, 6) is 0.973. The molecule has 17 heavy (non-hydrogen) atoms. The number of rotatable bonds is 5. The van der Waals surface area contributed by atoms with Crippen molar-refractivity contribution in [1.82, 2.24) is 10.3 Å². The first-order chi connectivity index (χ1) is 8.25. The Bertz CT molecular complexity index is 329. The van der Waals surface area contributed by atoms with Gasteiger partial charge in [-0.3, -0.25) is 0 Å². The van der Waals surface area contributed by atoms with Crippen molar-refractivity contribution < 1.29 is 0 Å². The Labute approximate surface area is 109 Å². The minimum atomic E-state index is 0.406. The van der Waals surface area contributed by atoms with Crippen LogP contribution in [0.5, 0.6) is 0 Å². The largest absolute Gasteiger partial charge is 0.309 e. The molecule has 1 fully saturated rings. The third kappa shape index (κ3) is 4.07. The molecule has 0 aliphatic heterocycles. The van der Waals surface area contributed by atoms with Gasteiger partial charge in [-0.1, -0.05) is 32.1 Å². The van der Waals surface area contributed by atoms with Crippen LogP contribution >= 0.6 is 11.3 Å². The molecule has 0 aromatic carbocycles. The quantitative estimate of drug-likeness (QED) is 0.854. The molecule has 1 aromatic rings. The van der Waals surface area contributed by atoms with Crippen LogP contribution in [0.25, 0.3) is 0 Å². The van der Waals surface area contributed by atoms with Gasteiger partial charge in [0, 0.05) is 11.4 Å². The van der Waals surface area contributed by atoms with Crippen LogP contribution in [-0.2, 0) is 0 Å². The van der Waals surface area contributed by atoms with Crippen molar-refractivity contribution in [3.8, 4) is 0 Å². The predicted molar refractivity (Wildman–Crippen MR) is 74.5 cm³/mol. The topological polar surface area (TPSA) is 24.9 Å². The Balaban J connectivity index is 1.67. The normalized spacial score (nSPS) is 19.4. The molecule has 0 saturated heterocycles. The Morgan fingerprint density at radius 3 is 2.82 bits per heavy atom. The fourth-order valence-electron chi connectivity index (χ4n) is 2.66. The highest BCUT2D eigenvalue weighted by atomic mass is 32.1. The molecular weight excluding hydrogens is 228 g/mol. The summed E-state index contributed by atoms with van der Waals surface area (Å²) < 4.78 is 0. The summed E-state index contributed by atoms with van der Waals surface area (Å²) in [5.41, 5.74) is 1.20. The van der Waals surface area contributed by atoms with E-state index in [1.54, 1.807) is 11.3 Å². The maximum Gasteiger partial charge on any atom is 0.0898 e. The van der Waals surface area contributed by atoms with E-state index in [1.807, 2.05) is 0 Å². The van der Waals surface area contributed by atoms with E-state index in [1.165, 1.54) is 49.2 Å². The van der Waals surface area contributed by atoms with E-state index in [0.717, 1.165) is 12.5 Å². The molecule has 1 atom stereocenters. The maximum atomic E-state index is 4.53. The molecule has 0 spiro atoms. The molecule has 1 aliphatic rings. The average molecular weight is 252 g/mol. The van der Waals surface area contributed by atoms with E-state index in [9.17, 15) is 0 Å². The molecule has 3 heteroatoms. The third-order valence-corrected chi connectivity index (χ3v) is 4.60. The van der Waals surface area contributed by atoms with E-state index in [-0.39, 0.29) is 0 Å². The second kappa shape index (κ2) is 6.50. The number of aromatic nitrogens is 1. The van der Waals surface area contributed by atoms with Crippen LogP contribution in [0.2, 0.25) is 0 Å². The Hall–Kier alpha value is -0.410. The molecule has 0 bridgehead atoms. The first kappa shape index (κ1) is 13.0. The smallest absolute Gasteiger partial charge is 0.0898 e. The monoisotopic (exact) mass is 252 g/mol. The van der Waals surface area contributed by atoms with Gasteiger partial charge in [-0.25, -0.2) is 4.98 Å². The second-order valence-electron chi connectivity index (χ2n) is 5.26. The summed E-state index contributed by atoms with van der Waals surface area (Å²) in [6, 6.07) is 0.406. The zero-order valence-corrected chi connectivity index (χ0v) is 11.9. The lowest BCUT2D eigenvalue weighted by Gasteiger charge is -2.22. The predicted octanol–water partition coefficient (Wildman–Crippen LogP) is 4.07. The number of nitrogens with zero attached hydrogens (tertiary/aromatic N) is 1. The van der Waals surface area contributed by atoms with Crippen molar-refractivity contribution in [2.75, 3.05) is 6.54 Å². The lowest BCUT2D eigenvalue weighted by atomic mass is 9.87. The first-order valence-electron chi connectivity index (χ1n) is 6.91. The fourth-order valence-corrected chi connectivity index (χ4v) is 3.37. The molecule has 1 N–H and O–H groups in total.